The largest absolute Gasteiger partial charge is 0.329 e. The molecule has 0 fully saturated rings. The summed E-state index contributed by atoms with van der Waals surface area (Å²) in [5.41, 5.74) is 2.35. The first-order valence-electron chi connectivity index (χ1n) is 5.76. The predicted molar refractivity (Wildman–Crippen MR) is 78.5 cm³/mol. The maximum atomic E-state index is 11.8. The second-order valence-electron chi connectivity index (χ2n) is 4.25. The van der Waals surface area contributed by atoms with E-state index in [1.54, 1.807) is 12.1 Å². The van der Waals surface area contributed by atoms with Crippen molar-refractivity contribution < 1.29 is 4.79 Å². The van der Waals surface area contributed by atoms with Crippen LogP contribution in [0.15, 0.2) is 42.5 Å². The Balaban J connectivity index is 2.16. The van der Waals surface area contributed by atoms with Crippen molar-refractivity contribution >= 4 is 46.2 Å². The molecule has 0 bridgehead atoms. The van der Waals surface area contributed by atoms with Crippen LogP contribution in [-0.2, 0) is 4.79 Å². The molecule has 1 aliphatic heterocycles. The van der Waals surface area contributed by atoms with Gasteiger partial charge in [0.2, 0.25) is 5.91 Å². The van der Waals surface area contributed by atoms with E-state index in [9.17, 15) is 4.79 Å². The van der Waals surface area contributed by atoms with Crippen LogP contribution in [0.1, 0.15) is 0 Å². The number of rotatable bonds is 1. The molecule has 0 spiro atoms. The molecule has 0 saturated heterocycles. The van der Waals surface area contributed by atoms with Gasteiger partial charge in [-0.2, -0.15) is 0 Å². The van der Waals surface area contributed by atoms with Crippen molar-refractivity contribution in [1.82, 2.24) is 0 Å². The van der Waals surface area contributed by atoms with Crippen LogP contribution in [0.25, 0.3) is 0 Å². The normalized spacial score (nSPS) is 14.0. The van der Waals surface area contributed by atoms with Crippen molar-refractivity contribution in [3.05, 3.63) is 52.5 Å². The Morgan fingerprint density at radius 2 is 1.89 bits per heavy atom. The van der Waals surface area contributed by atoms with E-state index in [-0.39, 0.29) is 12.5 Å². The fourth-order valence-electron chi connectivity index (χ4n) is 2.17. The van der Waals surface area contributed by atoms with Crippen LogP contribution in [0.4, 0.5) is 17.1 Å². The summed E-state index contributed by atoms with van der Waals surface area (Å²) in [5.74, 6) is -0.0743. The molecule has 19 heavy (non-hydrogen) atoms. The van der Waals surface area contributed by atoms with Gasteiger partial charge in [0.15, 0.2) is 0 Å². The van der Waals surface area contributed by atoms with Crippen molar-refractivity contribution in [3.8, 4) is 0 Å². The van der Waals surface area contributed by atoms with Crippen molar-refractivity contribution in [1.29, 1.82) is 0 Å². The average molecular weight is 293 g/mol. The molecule has 1 N–H and O–H groups in total. The highest BCUT2D eigenvalue weighted by atomic mass is 35.5. The summed E-state index contributed by atoms with van der Waals surface area (Å²) in [7, 11) is 0. The number of hydrogen-bond acceptors (Lipinski definition) is 2. The number of halogens is 2. The molecule has 0 aromatic heterocycles. The van der Waals surface area contributed by atoms with Crippen LogP contribution in [0.5, 0.6) is 0 Å². The molecule has 5 heteroatoms. The van der Waals surface area contributed by atoms with Gasteiger partial charge in [0.05, 0.1) is 16.4 Å². The first kappa shape index (κ1) is 12.3. The zero-order valence-corrected chi connectivity index (χ0v) is 11.4. The number of anilines is 3. The lowest BCUT2D eigenvalue weighted by Crippen LogP contribution is -2.35. The smallest absolute Gasteiger partial charge is 0.244 e. The van der Waals surface area contributed by atoms with Gasteiger partial charge < -0.3 is 10.2 Å². The molecule has 96 valence electrons. The van der Waals surface area contributed by atoms with Crippen molar-refractivity contribution in [2.75, 3.05) is 16.8 Å². The molecular formula is C14H10Cl2N2O. The summed E-state index contributed by atoms with van der Waals surface area (Å²) in [6, 6.07) is 12.8. The fraction of sp³-hybridized carbons (Fsp3) is 0.0714. The van der Waals surface area contributed by atoms with Gasteiger partial charge in [-0.05, 0) is 30.3 Å². The molecule has 1 amide bonds. The van der Waals surface area contributed by atoms with Gasteiger partial charge in [-0.3, -0.25) is 4.79 Å². The molecule has 0 radical (unpaired) electrons. The van der Waals surface area contributed by atoms with Crippen LogP contribution in [-0.4, -0.2) is 12.5 Å². The van der Waals surface area contributed by atoms with Gasteiger partial charge in [0.25, 0.3) is 0 Å². The Morgan fingerprint density at radius 3 is 2.68 bits per heavy atom. The Hall–Kier alpha value is -1.71. The van der Waals surface area contributed by atoms with Crippen LogP contribution < -0.4 is 10.2 Å². The van der Waals surface area contributed by atoms with Crippen molar-refractivity contribution in [2.45, 2.75) is 0 Å². The molecule has 0 aliphatic carbocycles. The number of para-hydroxylation sites is 1. The maximum absolute atomic E-state index is 11.8. The summed E-state index contributed by atoms with van der Waals surface area (Å²) in [5, 5.41) is 4.03. The van der Waals surface area contributed by atoms with Gasteiger partial charge in [0, 0.05) is 10.7 Å². The summed E-state index contributed by atoms with van der Waals surface area (Å²) in [6.07, 6.45) is 0. The van der Waals surface area contributed by atoms with E-state index >= 15 is 0 Å². The van der Waals surface area contributed by atoms with Crippen molar-refractivity contribution in [3.63, 3.8) is 0 Å². The summed E-state index contributed by atoms with van der Waals surface area (Å²) >= 11 is 12.3. The third-order valence-corrected chi connectivity index (χ3v) is 3.49. The number of fused-ring (bicyclic) bond motifs is 1. The molecule has 2 aromatic carbocycles. The number of nitrogens with zero attached hydrogens (tertiary/aromatic N) is 1. The van der Waals surface area contributed by atoms with Crippen LogP contribution in [0.2, 0.25) is 10.0 Å². The van der Waals surface area contributed by atoms with E-state index in [1.807, 2.05) is 35.2 Å². The summed E-state index contributed by atoms with van der Waals surface area (Å²) < 4.78 is 0. The van der Waals surface area contributed by atoms with E-state index in [4.69, 9.17) is 23.2 Å². The molecule has 1 heterocycles. The predicted octanol–water partition coefficient (Wildman–Crippen LogP) is 4.08. The van der Waals surface area contributed by atoms with E-state index in [1.165, 1.54) is 0 Å². The molecular weight excluding hydrogens is 283 g/mol. The van der Waals surface area contributed by atoms with E-state index < -0.39 is 0 Å². The van der Waals surface area contributed by atoms with E-state index in [0.29, 0.717) is 15.7 Å². The number of amides is 1. The van der Waals surface area contributed by atoms with Gasteiger partial charge in [-0.25, -0.2) is 0 Å². The lowest BCUT2D eigenvalue weighted by atomic mass is 10.1. The zero-order valence-electron chi connectivity index (χ0n) is 9.86. The Bertz CT molecular complexity index is 658. The topological polar surface area (TPSA) is 32.3 Å². The van der Waals surface area contributed by atoms with Gasteiger partial charge >= 0.3 is 0 Å². The second-order valence-corrected chi connectivity index (χ2v) is 5.09. The fourth-order valence-corrected chi connectivity index (χ4v) is 2.63. The Morgan fingerprint density at radius 1 is 1.11 bits per heavy atom. The number of hydrogen-bond donors (Lipinski definition) is 1. The molecule has 0 saturated carbocycles. The highest BCUT2D eigenvalue weighted by Gasteiger charge is 2.25. The number of carbonyl (C=O) groups excluding carboxylic acids is 1. The highest BCUT2D eigenvalue weighted by Crippen LogP contribution is 2.40. The molecule has 0 unspecified atom stereocenters. The van der Waals surface area contributed by atoms with Gasteiger partial charge in [0.1, 0.15) is 6.54 Å². The Labute approximate surface area is 120 Å². The minimum atomic E-state index is -0.0743. The standard InChI is InChI=1S/C14H10Cl2N2O/c15-9-3-1-4-10(7-9)18-8-13(19)17-12-6-2-5-11(16)14(12)18/h1-7H,8H2,(H,17,19). The molecule has 2 aromatic rings. The third-order valence-electron chi connectivity index (χ3n) is 2.95. The first-order valence-corrected chi connectivity index (χ1v) is 6.52. The number of nitrogens with one attached hydrogen (secondary N) is 1. The minimum Gasteiger partial charge on any atom is -0.329 e. The quantitative estimate of drug-likeness (QED) is 0.859. The third kappa shape index (κ3) is 2.27. The molecule has 0 atom stereocenters. The lowest BCUT2D eigenvalue weighted by Gasteiger charge is -2.31. The monoisotopic (exact) mass is 292 g/mol. The number of carbonyl (C=O) groups is 1. The molecule has 3 nitrogen and oxygen atoms in total. The van der Waals surface area contributed by atoms with Gasteiger partial charge in [-0.1, -0.05) is 35.3 Å². The summed E-state index contributed by atoms with van der Waals surface area (Å²) in [4.78, 5) is 13.6. The molecule has 3 rings (SSSR count). The van der Waals surface area contributed by atoms with Crippen LogP contribution in [0, 0.1) is 0 Å². The van der Waals surface area contributed by atoms with Crippen LogP contribution in [0.3, 0.4) is 0 Å². The van der Waals surface area contributed by atoms with E-state index in [2.05, 4.69) is 5.32 Å². The molecule has 1 aliphatic rings. The zero-order chi connectivity index (χ0) is 13.4. The Kier molecular flexibility index (Phi) is 3.09. The lowest BCUT2D eigenvalue weighted by molar-refractivity contribution is -0.115. The first-order chi connectivity index (χ1) is 9.15. The average Bonchev–Trinajstić information content (AvgIpc) is 2.37. The van der Waals surface area contributed by atoms with E-state index in [0.717, 1.165) is 11.4 Å². The SMILES string of the molecule is O=C1CN(c2cccc(Cl)c2)c2c(Cl)cccc2N1. The van der Waals surface area contributed by atoms with Gasteiger partial charge in [-0.15, -0.1) is 0 Å². The second kappa shape index (κ2) is 4.76. The minimum absolute atomic E-state index is 0.0743. The highest BCUT2D eigenvalue weighted by molar-refractivity contribution is 6.35. The van der Waals surface area contributed by atoms with Crippen molar-refractivity contribution in [2.24, 2.45) is 0 Å². The maximum Gasteiger partial charge on any atom is 0.244 e. The van der Waals surface area contributed by atoms with Crippen LogP contribution >= 0.6 is 23.2 Å². The summed E-state index contributed by atoms with van der Waals surface area (Å²) in [6.45, 7) is 0.219. The number of benzene rings is 2.